The van der Waals surface area contributed by atoms with Crippen molar-refractivity contribution in [2.45, 2.75) is 18.9 Å². The van der Waals surface area contributed by atoms with Gasteiger partial charge in [-0.1, -0.05) is 12.1 Å². The Kier molecular flexibility index (Phi) is 3.19. The number of carboxylic acid groups (broad SMARTS) is 1. The predicted octanol–water partition coefficient (Wildman–Crippen LogP) is 1.43. The minimum Gasteiger partial charge on any atom is -0.480 e. The van der Waals surface area contributed by atoms with Crippen LogP contribution in [-0.2, 0) is 11.2 Å². The molecule has 3 nitrogen and oxygen atoms in total. The van der Waals surface area contributed by atoms with Crippen LogP contribution in [0.3, 0.4) is 0 Å². The van der Waals surface area contributed by atoms with Crippen molar-refractivity contribution >= 4 is 5.97 Å². The summed E-state index contributed by atoms with van der Waals surface area (Å²) in [5.74, 6) is -0.704. The number of aliphatic carboxylic acids is 1. The summed E-state index contributed by atoms with van der Waals surface area (Å²) in [4.78, 5) is 10.7. The molecule has 0 aliphatic carbocycles. The van der Waals surface area contributed by atoms with Crippen LogP contribution >= 0.6 is 0 Å². The fourth-order valence-electron chi connectivity index (χ4n) is 2.11. The van der Waals surface area contributed by atoms with Gasteiger partial charge in [0, 0.05) is 0 Å². The minimum atomic E-state index is -0.790. The normalized spacial score (nSPS) is 24.6. The second kappa shape index (κ2) is 4.61. The molecule has 2 atom stereocenters. The Morgan fingerprint density at radius 3 is 2.69 bits per heavy atom. The van der Waals surface area contributed by atoms with E-state index >= 15 is 0 Å². The second-order valence-corrected chi connectivity index (χ2v) is 4.23. The standard InChI is InChI=1S/C12H14FNO2/c13-10-3-1-8(2-4-10)5-9-6-11(12(15)16)14-7-9/h1-4,9,11,14H,5-7H2,(H,15,16)/t9-,11-/m0/s1. The van der Waals surface area contributed by atoms with Gasteiger partial charge in [0.15, 0.2) is 0 Å². The van der Waals surface area contributed by atoms with Gasteiger partial charge in [-0.05, 0) is 43.0 Å². The monoisotopic (exact) mass is 223 g/mol. The number of halogens is 1. The van der Waals surface area contributed by atoms with E-state index in [-0.39, 0.29) is 5.82 Å². The van der Waals surface area contributed by atoms with Crippen LogP contribution in [0, 0.1) is 11.7 Å². The van der Waals surface area contributed by atoms with Gasteiger partial charge in [-0.2, -0.15) is 0 Å². The Morgan fingerprint density at radius 2 is 2.12 bits per heavy atom. The summed E-state index contributed by atoms with van der Waals surface area (Å²) < 4.78 is 12.7. The number of hydrogen-bond acceptors (Lipinski definition) is 2. The SMILES string of the molecule is O=C(O)[C@@H]1C[C@H](Cc2ccc(F)cc2)CN1. The zero-order valence-corrected chi connectivity index (χ0v) is 8.82. The molecule has 16 heavy (non-hydrogen) atoms. The lowest BCUT2D eigenvalue weighted by Crippen LogP contribution is -2.29. The van der Waals surface area contributed by atoms with E-state index in [4.69, 9.17) is 5.11 Å². The molecule has 1 fully saturated rings. The molecule has 1 aliphatic heterocycles. The highest BCUT2D eigenvalue weighted by atomic mass is 19.1. The molecule has 1 aliphatic rings. The summed E-state index contributed by atoms with van der Waals surface area (Å²) in [6, 6.07) is 5.96. The van der Waals surface area contributed by atoms with Crippen molar-refractivity contribution < 1.29 is 14.3 Å². The quantitative estimate of drug-likeness (QED) is 0.815. The number of hydrogen-bond donors (Lipinski definition) is 2. The molecule has 0 unspecified atom stereocenters. The highest BCUT2D eigenvalue weighted by Crippen LogP contribution is 2.19. The third-order valence-electron chi connectivity index (χ3n) is 2.96. The zero-order valence-electron chi connectivity index (χ0n) is 8.82. The maximum absolute atomic E-state index is 12.7. The van der Waals surface area contributed by atoms with Crippen LogP contribution in [0.15, 0.2) is 24.3 Å². The van der Waals surface area contributed by atoms with Crippen molar-refractivity contribution in [2.75, 3.05) is 6.54 Å². The zero-order chi connectivity index (χ0) is 11.5. The maximum Gasteiger partial charge on any atom is 0.320 e. The van der Waals surface area contributed by atoms with Crippen LogP contribution in [0.2, 0.25) is 0 Å². The first-order valence-electron chi connectivity index (χ1n) is 5.36. The minimum absolute atomic E-state index is 0.239. The molecule has 0 saturated carbocycles. The molecular weight excluding hydrogens is 209 g/mol. The number of nitrogens with one attached hydrogen (secondary N) is 1. The molecule has 2 N–H and O–H groups in total. The molecule has 2 rings (SSSR count). The molecule has 0 bridgehead atoms. The first kappa shape index (κ1) is 11.1. The van der Waals surface area contributed by atoms with Gasteiger partial charge in [0.25, 0.3) is 0 Å². The first-order chi connectivity index (χ1) is 7.65. The molecule has 1 aromatic rings. The largest absolute Gasteiger partial charge is 0.480 e. The molecule has 4 heteroatoms. The van der Waals surface area contributed by atoms with Crippen molar-refractivity contribution in [3.63, 3.8) is 0 Å². The summed E-state index contributed by atoms with van der Waals surface area (Å²) in [6.07, 6.45) is 1.45. The van der Waals surface area contributed by atoms with Crippen molar-refractivity contribution in [3.8, 4) is 0 Å². The Bertz CT molecular complexity index is 377. The molecule has 86 valence electrons. The molecule has 0 aromatic heterocycles. The molecule has 1 heterocycles. The highest BCUT2D eigenvalue weighted by Gasteiger charge is 2.28. The lowest BCUT2D eigenvalue weighted by molar-refractivity contribution is -0.139. The van der Waals surface area contributed by atoms with Gasteiger partial charge in [-0.15, -0.1) is 0 Å². The summed E-state index contributed by atoms with van der Waals surface area (Å²) in [7, 11) is 0. The van der Waals surface area contributed by atoms with Crippen LogP contribution in [0.25, 0.3) is 0 Å². The maximum atomic E-state index is 12.7. The van der Waals surface area contributed by atoms with Crippen LogP contribution in [0.4, 0.5) is 4.39 Å². The Morgan fingerprint density at radius 1 is 1.44 bits per heavy atom. The number of carboxylic acids is 1. The first-order valence-corrected chi connectivity index (χ1v) is 5.36. The van der Waals surface area contributed by atoms with Crippen LogP contribution in [0.5, 0.6) is 0 Å². The van der Waals surface area contributed by atoms with E-state index in [2.05, 4.69) is 5.32 Å². The Hall–Kier alpha value is -1.42. The molecule has 0 amide bonds. The molecule has 0 spiro atoms. The highest BCUT2D eigenvalue weighted by molar-refractivity contribution is 5.73. The second-order valence-electron chi connectivity index (χ2n) is 4.23. The van der Waals surface area contributed by atoms with Gasteiger partial charge in [-0.3, -0.25) is 4.79 Å². The molecule has 1 aromatic carbocycles. The van der Waals surface area contributed by atoms with E-state index < -0.39 is 12.0 Å². The van der Waals surface area contributed by atoms with Crippen LogP contribution < -0.4 is 5.32 Å². The van der Waals surface area contributed by atoms with Gasteiger partial charge >= 0.3 is 5.97 Å². The van der Waals surface area contributed by atoms with E-state index in [0.717, 1.165) is 12.0 Å². The van der Waals surface area contributed by atoms with Crippen LogP contribution in [0.1, 0.15) is 12.0 Å². The third kappa shape index (κ3) is 2.58. The van der Waals surface area contributed by atoms with Crippen LogP contribution in [-0.4, -0.2) is 23.7 Å². The van der Waals surface area contributed by atoms with Gasteiger partial charge in [0.2, 0.25) is 0 Å². The Balaban J connectivity index is 1.92. The lowest BCUT2D eigenvalue weighted by atomic mass is 9.97. The van der Waals surface area contributed by atoms with E-state index in [1.807, 2.05) is 0 Å². The summed E-state index contributed by atoms with van der Waals surface area (Å²) in [5.41, 5.74) is 1.05. The van der Waals surface area contributed by atoms with Crippen molar-refractivity contribution in [1.29, 1.82) is 0 Å². The van der Waals surface area contributed by atoms with Gasteiger partial charge in [0.05, 0.1) is 0 Å². The average Bonchev–Trinajstić information content (AvgIpc) is 2.70. The smallest absolute Gasteiger partial charge is 0.320 e. The molecule has 0 radical (unpaired) electrons. The lowest BCUT2D eigenvalue weighted by Gasteiger charge is -2.08. The van der Waals surface area contributed by atoms with Crippen molar-refractivity contribution in [2.24, 2.45) is 5.92 Å². The third-order valence-corrected chi connectivity index (χ3v) is 2.96. The van der Waals surface area contributed by atoms with Gasteiger partial charge in [-0.25, -0.2) is 4.39 Å². The van der Waals surface area contributed by atoms with E-state index in [9.17, 15) is 9.18 Å². The van der Waals surface area contributed by atoms with Gasteiger partial charge in [0.1, 0.15) is 11.9 Å². The Labute approximate surface area is 93.3 Å². The number of benzene rings is 1. The van der Waals surface area contributed by atoms with Gasteiger partial charge < -0.3 is 10.4 Å². The summed E-state index contributed by atoms with van der Waals surface area (Å²) >= 11 is 0. The molecule has 1 saturated heterocycles. The topological polar surface area (TPSA) is 49.3 Å². The van der Waals surface area contributed by atoms with E-state index in [0.29, 0.717) is 18.9 Å². The van der Waals surface area contributed by atoms with Crippen molar-refractivity contribution in [1.82, 2.24) is 5.32 Å². The number of rotatable bonds is 3. The predicted molar refractivity (Wildman–Crippen MR) is 57.6 cm³/mol. The van der Waals surface area contributed by atoms with Crippen molar-refractivity contribution in [3.05, 3.63) is 35.6 Å². The summed E-state index contributed by atoms with van der Waals surface area (Å²) in [6.45, 7) is 0.717. The molecular formula is C12H14FNO2. The van der Waals surface area contributed by atoms with E-state index in [1.54, 1.807) is 12.1 Å². The number of carbonyl (C=O) groups is 1. The average molecular weight is 223 g/mol. The summed E-state index contributed by atoms with van der Waals surface area (Å²) in [5, 5.41) is 11.8. The van der Waals surface area contributed by atoms with E-state index in [1.165, 1.54) is 12.1 Å². The fourth-order valence-corrected chi connectivity index (χ4v) is 2.11. The fraction of sp³-hybridized carbons (Fsp3) is 0.417.